The molecule has 0 bridgehead atoms. The molecule has 3 aromatic rings. The van der Waals surface area contributed by atoms with Crippen molar-refractivity contribution in [3.63, 3.8) is 0 Å². The topological polar surface area (TPSA) is 61.4 Å². The summed E-state index contributed by atoms with van der Waals surface area (Å²) in [5, 5.41) is 18.4. The van der Waals surface area contributed by atoms with Crippen molar-refractivity contribution in [2.45, 2.75) is 50.6 Å². The van der Waals surface area contributed by atoms with Gasteiger partial charge in [-0.15, -0.1) is 0 Å². The smallest absolute Gasteiger partial charge is 0.305 e. The summed E-state index contributed by atoms with van der Waals surface area (Å²) in [6.45, 7) is 2.73. The lowest BCUT2D eigenvalue weighted by molar-refractivity contribution is -0.136. The quantitative estimate of drug-likeness (QED) is 0.451. The van der Waals surface area contributed by atoms with Gasteiger partial charge in [-0.3, -0.25) is 4.79 Å². The van der Waals surface area contributed by atoms with Crippen LogP contribution in [0.15, 0.2) is 66.7 Å². The maximum Gasteiger partial charge on any atom is 0.305 e. The van der Waals surface area contributed by atoms with Crippen LogP contribution in [0.3, 0.4) is 0 Å². The van der Waals surface area contributed by atoms with Crippen molar-refractivity contribution in [2.75, 3.05) is 11.9 Å². The van der Waals surface area contributed by atoms with Gasteiger partial charge in [-0.2, -0.15) is 0 Å². The van der Waals surface area contributed by atoms with E-state index < -0.39 is 5.97 Å². The Balaban J connectivity index is 1.34. The van der Waals surface area contributed by atoms with Crippen molar-refractivity contribution in [3.8, 4) is 0 Å². The van der Waals surface area contributed by atoms with E-state index in [4.69, 9.17) is 5.11 Å². The van der Waals surface area contributed by atoms with Gasteiger partial charge < -0.3 is 15.7 Å². The van der Waals surface area contributed by atoms with E-state index in [0.717, 1.165) is 12.1 Å². The normalized spacial score (nSPS) is 19.6. The lowest BCUT2D eigenvalue weighted by Crippen LogP contribution is -2.29. The number of carbonyl (C=O) groups is 1. The largest absolute Gasteiger partial charge is 0.481 e. The molecule has 0 saturated heterocycles. The monoisotopic (exact) mass is 402 g/mol. The van der Waals surface area contributed by atoms with E-state index in [1.54, 1.807) is 0 Å². The molecule has 0 spiro atoms. The third-order valence-corrected chi connectivity index (χ3v) is 6.26. The number of aliphatic carboxylic acids is 1. The van der Waals surface area contributed by atoms with Crippen LogP contribution < -0.4 is 10.6 Å². The van der Waals surface area contributed by atoms with Crippen LogP contribution in [0, 0.1) is 0 Å². The molecule has 30 heavy (non-hydrogen) atoms. The number of anilines is 1. The highest BCUT2D eigenvalue weighted by atomic mass is 16.4. The Morgan fingerprint density at radius 2 is 1.80 bits per heavy atom. The Labute approximate surface area is 178 Å². The molecule has 3 atom stereocenters. The predicted octanol–water partition coefficient (Wildman–Crippen LogP) is 5.71. The van der Waals surface area contributed by atoms with Gasteiger partial charge in [0, 0.05) is 24.3 Å². The minimum Gasteiger partial charge on any atom is -0.481 e. The zero-order valence-corrected chi connectivity index (χ0v) is 17.5. The molecule has 0 heterocycles. The van der Waals surface area contributed by atoms with Gasteiger partial charge in [0.15, 0.2) is 0 Å². The zero-order valence-electron chi connectivity index (χ0n) is 17.5. The van der Waals surface area contributed by atoms with Crippen LogP contribution >= 0.6 is 0 Å². The van der Waals surface area contributed by atoms with Gasteiger partial charge in [-0.05, 0) is 66.1 Å². The highest BCUT2D eigenvalue weighted by molar-refractivity contribution is 5.86. The number of hydrogen-bond acceptors (Lipinski definition) is 3. The Morgan fingerprint density at radius 3 is 2.60 bits per heavy atom. The number of fused-ring (bicyclic) bond motifs is 1. The van der Waals surface area contributed by atoms with Gasteiger partial charge in [0.2, 0.25) is 0 Å². The summed E-state index contributed by atoms with van der Waals surface area (Å²) < 4.78 is 0. The van der Waals surface area contributed by atoms with E-state index in [-0.39, 0.29) is 6.42 Å². The summed E-state index contributed by atoms with van der Waals surface area (Å²) in [6.07, 6.45) is 3.68. The fourth-order valence-corrected chi connectivity index (χ4v) is 4.69. The number of nitrogens with one attached hydrogen (secondary N) is 2. The van der Waals surface area contributed by atoms with Crippen molar-refractivity contribution in [1.82, 2.24) is 5.32 Å². The second-order valence-electron chi connectivity index (χ2n) is 8.36. The third kappa shape index (κ3) is 4.82. The highest BCUT2D eigenvalue weighted by Crippen LogP contribution is 2.36. The van der Waals surface area contributed by atoms with Crippen LogP contribution in [0.2, 0.25) is 0 Å². The molecule has 0 radical (unpaired) electrons. The van der Waals surface area contributed by atoms with Gasteiger partial charge in [-0.25, -0.2) is 0 Å². The summed E-state index contributed by atoms with van der Waals surface area (Å²) in [4.78, 5) is 10.6. The third-order valence-electron chi connectivity index (χ3n) is 6.26. The molecule has 3 N–H and O–H groups in total. The van der Waals surface area contributed by atoms with Crippen molar-refractivity contribution in [1.29, 1.82) is 0 Å². The Hall–Kier alpha value is -2.85. The first kappa shape index (κ1) is 20.4. The number of carboxylic acid groups (broad SMARTS) is 1. The molecule has 1 aliphatic carbocycles. The number of rotatable bonds is 8. The Morgan fingerprint density at radius 1 is 1.03 bits per heavy atom. The van der Waals surface area contributed by atoms with Gasteiger partial charge in [-0.1, -0.05) is 54.6 Å². The molecular weight excluding hydrogens is 372 g/mol. The fraction of sp³-hybridized carbons (Fsp3) is 0.346. The van der Waals surface area contributed by atoms with Gasteiger partial charge in [0.25, 0.3) is 0 Å². The molecule has 156 valence electrons. The molecule has 1 saturated carbocycles. The van der Waals surface area contributed by atoms with Crippen LogP contribution in [-0.2, 0) is 4.79 Å². The lowest BCUT2D eigenvalue weighted by atomic mass is 9.96. The molecule has 0 aromatic heterocycles. The standard InChI is InChI=1S/C26H30N2O2/c1-18(24-8-4-6-20-5-2-3-7-25(20)24)28-23-14-11-21(17-23)19-9-12-22(13-10-19)27-16-15-26(29)30/h2-10,12-13,18,21,23,27-28H,11,14-17H2,1H3,(H,29,30)/t18-,21-,23+/m1/s1. The Kier molecular flexibility index (Phi) is 6.34. The maximum absolute atomic E-state index is 10.6. The average molecular weight is 403 g/mol. The van der Waals surface area contributed by atoms with E-state index >= 15 is 0 Å². The van der Waals surface area contributed by atoms with Crippen LogP contribution in [0.5, 0.6) is 0 Å². The van der Waals surface area contributed by atoms with E-state index in [1.165, 1.54) is 34.7 Å². The van der Waals surface area contributed by atoms with Crippen LogP contribution in [0.25, 0.3) is 10.8 Å². The maximum atomic E-state index is 10.6. The molecule has 0 amide bonds. The average Bonchev–Trinajstić information content (AvgIpc) is 3.22. The molecule has 3 aromatic carbocycles. The van der Waals surface area contributed by atoms with Crippen molar-refractivity contribution in [2.24, 2.45) is 0 Å². The molecule has 4 rings (SSSR count). The first-order chi connectivity index (χ1) is 14.6. The van der Waals surface area contributed by atoms with E-state index in [1.807, 2.05) is 0 Å². The van der Waals surface area contributed by atoms with Gasteiger partial charge >= 0.3 is 5.97 Å². The lowest BCUT2D eigenvalue weighted by Gasteiger charge is -2.21. The van der Waals surface area contributed by atoms with Crippen molar-refractivity contribution in [3.05, 3.63) is 77.9 Å². The van der Waals surface area contributed by atoms with Crippen LogP contribution in [0.1, 0.15) is 55.7 Å². The predicted molar refractivity (Wildman–Crippen MR) is 123 cm³/mol. The van der Waals surface area contributed by atoms with Gasteiger partial charge in [0.1, 0.15) is 0 Å². The summed E-state index contributed by atoms with van der Waals surface area (Å²) in [5.74, 6) is -0.198. The van der Waals surface area contributed by atoms with E-state index in [0.29, 0.717) is 24.5 Å². The number of benzene rings is 3. The second kappa shape index (κ2) is 9.31. The minimum absolute atomic E-state index is 0.132. The summed E-state index contributed by atoms with van der Waals surface area (Å²) in [6, 6.07) is 24.5. The van der Waals surface area contributed by atoms with Crippen LogP contribution in [-0.4, -0.2) is 23.7 Å². The number of carboxylic acids is 1. The van der Waals surface area contributed by atoms with Crippen molar-refractivity contribution < 1.29 is 9.90 Å². The van der Waals surface area contributed by atoms with E-state index in [9.17, 15) is 4.79 Å². The molecule has 4 nitrogen and oxygen atoms in total. The fourth-order valence-electron chi connectivity index (χ4n) is 4.69. The summed E-state index contributed by atoms with van der Waals surface area (Å²) >= 11 is 0. The van der Waals surface area contributed by atoms with Gasteiger partial charge in [0.05, 0.1) is 6.42 Å². The second-order valence-corrected chi connectivity index (χ2v) is 8.36. The minimum atomic E-state index is -0.777. The molecule has 1 fully saturated rings. The molecule has 0 unspecified atom stereocenters. The summed E-state index contributed by atoms with van der Waals surface area (Å²) in [5.41, 5.74) is 3.73. The highest BCUT2D eigenvalue weighted by Gasteiger charge is 2.27. The summed E-state index contributed by atoms with van der Waals surface area (Å²) in [7, 11) is 0. The van der Waals surface area contributed by atoms with Crippen LogP contribution in [0.4, 0.5) is 5.69 Å². The van der Waals surface area contributed by atoms with Crippen molar-refractivity contribution >= 4 is 22.4 Å². The molecule has 4 heteroatoms. The zero-order chi connectivity index (χ0) is 20.9. The van der Waals surface area contributed by atoms with E-state index in [2.05, 4.69) is 84.3 Å². The number of hydrogen-bond donors (Lipinski definition) is 3. The molecule has 1 aliphatic rings. The molecule has 0 aliphatic heterocycles. The Bertz CT molecular complexity index is 994. The first-order valence-electron chi connectivity index (χ1n) is 10.9. The first-order valence-corrected chi connectivity index (χ1v) is 10.9. The molecular formula is C26H30N2O2. The SMILES string of the molecule is C[C@@H](N[C@H]1CC[C@@H](c2ccc(NCCC(=O)O)cc2)C1)c1cccc2ccccc12.